The van der Waals surface area contributed by atoms with E-state index in [4.69, 9.17) is 22.3 Å². The van der Waals surface area contributed by atoms with Gasteiger partial charge < -0.3 is 11.5 Å². The maximum Gasteiger partial charge on any atom is 0.122 e. The number of nitrogen functional groups attached to an aromatic ring is 2. The third kappa shape index (κ3) is 6.42. The standard InChI is InChI=1S/C21H28N4/c22-20(23)18-13-11-16(12-14-18)7-4-2-1-3-5-8-17-9-6-10-19(15-17)21(24)25/h6,9-15H,1-5,7-8H2,(H3,22,23)(H3,24,25). The summed E-state index contributed by atoms with van der Waals surface area (Å²) in [5.74, 6) is 0.263. The number of benzene rings is 2. The summed E-state index contributed by atoms with van der Waals surface area (Å²) in [4.78, 5) is 0. The normalized spacial score (nSPS) is 10.6. The van der Waals surface area contributed by atoms with E-state index in [-0.39, 0.29) is 11.7 Å². The second-order valence-corrected chi connectivity index (χ2v) is 6.49. The van der Waals surface area contributed by atoms with Crippen LogP contribution in [0.1, 0.15) is 54.4 Å². The first kappa shape index (κ1) is 18.7. The molecule has 132 valence electrons. The highest BCUT2D eigenvalue weighted by Crippen LogP contribution is 2.13. The summed E-state index contributed by atoms with van der Waals surface area (Å²) in [7, 11) is 0. The van der Waals surface area contributed by atoms with Crippen LogP contribution in [0.2, 0.25) is 0 Å². The second-order valence-electron chi connectivity index (χ2n) is 6.49. The van der Waals surface area contributed by atoms with E-state index in [1.54, 1.807) is 0 Å². The highest BCUT2D eigenvalue weighted by atomic mass is 14.7. The molecule has 6 N–H and O–H groups in total. The Morgan fingerprint density at radius 2 is 1.20 bits per heavy atom. The monoisotopic (exact) mass is 336 g/mol. The molecule has 0 bridgehead atoms. The maximum absolute atomic E-state index is 7.49. The van der Waals surface area contributed by atoms with Gasteiger partial charge in [0.25, 0.3) is 0 Å². The largest absolute Gasteiger partial charge is 0.384 e. The number of hydrogen-bond donors (Lipinski definition) is 4. The van der Waals surface area contributed by atoms with E-state index >= 15 is 0 Å². The van der Waals surface area contributed by atoms with Gasteiger partial charge in [-0.2, -0.15) is 0 Å². The Balaban J connectivity index is 1.60. The lowest BCUT2D eigenvalue weighted by Gasteiger charge is -2.05. The van der Waals surface area contributed by atoms with Crippen molar-refractivity contribution in [3.8, 4) is 0 Å². The van der Waals surface area contributed by atoms with Crippen LogP contribution in [-0.4, -0.2) is 11.7 Å². The van der Waals surface area contributed by atoms with Crippen LogP contribution < -0.4 is 11.5 Å². The fourth-order valence-electron chi connectivity index (χ4n) is 2.93. The first-order chi connectivity index (χ1) is 12.1. The van der Waals surface area contributed by atoms with Crippen LogP contribution in [0.5, 0.6) is 0 Å². The first-order valence-electron chi connectivity index (χ1n) is 8.93. The van der Waals surface area contributed by atoms with Crippen molar-refractivity contribution < 1.29 is 0 Å². The summed E-state index contributed by atoms with van der Waals surface area (Å²) in [6.07, 6.45) is 8.22. The Kier molecular flexibility index (Phi) is 7.20. The van der Waals surface area contributed by atoms with Gasteiger partial charge >= 0.3 is 0 Å². The SMILES string of the molecule is N=C(N)c1ccc(CCCCCCCc2cccc(C(=N)N)c2)cc1. The molecule has 0 amide bonds. The number of aryl methyl sites for hydroxylation is 2. The van der Waals surface area contributed by atoms with E-state index in [2.05, 4.69) is 18.2 Å². The summed E-state index contributed by atoms with van der Waals surface area (Å²) >= 11 is 0. The van der Waals surface area contributed by atoms with E-state index in [0.717, 1.165) is 24.0 Å². The molecule has 25 heavy (non-hydrogen) atoms. The van der Waals surface area contributed by atoms with Crippen LogP contribution in [0.15, 0.2) is 48.5 Å². The van der Waals surface area contributed by atoms with Crippen molar-refractivity contribution in [3.63, 3.8) is 0 Å². The molecular formula is C21H28N4. The van der Waals surface area contributed by atoms with E-state index < -0.39 is 0 Å². The van der Waals surface area contributed by atoms with Crippen molar-refractivity contribution in [3.05, 3.63) is 70.8 Å². The minimum absolute atomic E-state index is 0.125. The molecule has 0 saturated carbocycles. The van der Waals surface area contributed by atoms with Crippen LogP contribution in [0.3, 0.4) is 0 Å². The van der Waals surface area contributed by atoms with Gasteiger partial charge in [0, 0.05) is 11.1 Å². The lowest BCUT2D eigenvalue weighted by molar-refractivity contribution is 0.613. The van der Waals surface area contributed by atoms with E-state index in [1.165, 1.54) is 43.2 Å². The fourth-order valence-corrected chi connectivity index (χ4v) is 2.93. The van der Waals surface area contributed by atoms with Crippen molar-refractivity contribution in [1.29, 1.82) is 10.8 Å². The third-order valence-corrected chi connectivity index (χ3v) is 4.43. The van der Waals surface area contributed by atoms with E-state index in [9.17, 15) is 0 Å². The molecule has 0 aliphatic carbocycles. The number of amidine groups is 2. The van der Waals surface area contributed by atoms with Crippen molar-refractivity contribution in [1.82, 2.24) is 0 Å². The van der Waals surface area contributed by atoms with E-state index in [0.29, 0.717) is 0 Å². The zero-order valence-electron chi connectivity index (χ0n) is 14.7. The van der Waals surface area contributed by atoms with Gasteiger partial charge in [-0.1, -0.05) is 61.7 Å². The summed E-state index contributed by atoms with van der Waals surface area (Å²) in [5.41, 5.74) is 15.2. The highest BCUT2D eigenvalue weighted by Gasteiger charge is 2.00. The maximum atomic E-state index is 7.49. The summed E-state index contributed by atoms with van der Waals surface area (Å²) in [6.45, 7) is 0. The average molecular weight is 336 g/mol. The zero-order chi connectivity index (χ0) is 18.1. The number of rotatable bonds is 10. The van der Waals surface area contributed by atoms with Gasteiger partial charge in [-0.15, -0.1) is 0 Å². The minimum Gasteiger partial charge on any atom is -0.384 e. The Hall–Kier alpha value is -2.62. The molecule has 2 aromatic rings. The molecule has 0 fully saturated rings. The van der Waals surface area contributed by atoms with Crippen molar-refractivity contribution in [2.24, 2.45) is 11.5 Å². The number of hydrogen-bond acceptors (Lipinski definition) is 2. The minimum atomic E-state index is 0.125. The van der Waals surface area contributed by atoms with Crippen LogP contribution >= 0.6 is 0 Å². The molecule has 0 aliphatic rings. The number of nitrogens with one attached hydrogen (secondary N) is 2. The Labute approximate surface area is 150 Å². The predicted molar refractivity (Wildman–Crippen MR) is 105 cm³/mol. The zero-order valence-corrected chi connectivity index (χ0v) is 14.7. The molecule has 2 aromatic carbocycles. The average Bonchev–Trinajstić information content (AvgIpc) is 2.61. The lowest BCUT2D eigenvalue weighted by Crippen LogP contribution is -2.11. The molecule has 0 saturated heterocycles. The predicted octanol–water partition coefficient (Wildman–Crippen LogP) is 3.99. The first-order valence-corrected chi connectivity index (χ1v) is 8.93. The van der Waals surface area contributed by atoms with Crippen molar-refractivity contribution in [2.75, 3.05) is 0 Å². The van der Waals surface area contributed by atoms with Crippen molar-refractivity contribution in [2.45, 2.75) is 44.9 Å². The van der Waals surface area contributed by atoms with Crippen LogP contribution in [0.25, 0.3) is 0 Å². The Bertz CT molecular complexity index is 704. The van der Waals surface area contributed by atoms with Gasteiger partial charge in [0.1, 0.15) is 11.7 Å². The molecule has 0 heterocycles. The second kappa shape index (κ2) is 9.62. The molecule has 2 rings (SSSR count). The van der Waals surface area contributed by atoms with Crippen LogP contribution in [0.4, 0.5) is 0 Å². The quantitative estimate of drug-likeness (QED) is 0.299. The number of nitrogens with two attached hydrogens (primary N) is 2. The molecule has 0 aromatic heterocycles. The molecule has 4 nitrogen and oxygen atoms in total. The van der Waals surface area contributed by atoms with Crippen LogP contribution in [0, 0.1) is 10.8 Å². The van der Waals surface area contributed by atoms with Gasteiger partial charge in [0.05, 0.1) is 0 Å². The molecule has 4 heteroatoms. The van der Waals surface area contributed by atoms with Gasteiger partial charge in [0.15, 0.2) is 0 Å². The number of unbranched alkanes of at least 4 members (excludes halogenated alkanes) is 4. The van der Waals surface area contributed by atoms with Gasteiger partial charge in [-0.3, -0.25) is 10.8 Å². The van der Waals surface area contributed by atoms with Gasteiger partial charge in [0.2, 0.25) is 0 Å². The molecule has 0 spiro atoms. The van der Waals surface area contributed by atoms with Crippen LogP contribution in [-0.2, 0) is 12.8 Å². The molecule has 0 unspecified atom stereocenters. The van der Waals surface area contributed by atoms with E-state index in [1.807, 2.05) is 30.3 Å². The molecular weight excluding hydrogens is 308 g/mol. The highest BCUT2D eigenvalue weighted by molar-refractivity contribution is 5.95. The molecule has 0 aliphatic heterocycles. The van der Waals surface area contributed by atoms with Crippen molar-refractivity contribution >= 4 is 11.7 Å². The van der Waals surface area contributed by atoms with Gasteiger partial charge in [-0.05, 0) is 42.9 Å². The topological polar surface area (TPSA) is 99.7 Å². The lowest BCUT2D eigenvalue weighted by atomic mass is 10.0. The van der Waals surface area contributed by atoms with Gasteiger partial charge in [-0.25, -0.2) is 0 Å². The summed E-state index contributed by atoms with van der Waals surface area (Å²) < 4.78 is 0. The summed E-state index contributed by atoms with van der Waals surface area (Å²) in [6, 6.07) is 16.0. The third-order valence-electron chi connectivity index (χ3n) is 4.43. The smallest absolute Gasteiger partial charge is 0.122 e. The Morgan fingerprint density at radius 1 is 0.640 bits per heavy atom. The summed E-state index contributed by atoms with van der Waals surface area (Å²) in [5, 5.41) is 14.9. The molecule has 0 radical (unpaired) electrons. The fraction of sp³-hybridized carbons (Fsp3) is 0.333. The molecule has 0 atom stereocenters. The Morgan fingerprint density at radius 3 is 1.80 bits per heavy atom.